The summed E-state index contributed by atoms with van der Waals surface area (Å²) < 4.78 is 0. The second-order valence-corrected chi connectivity index (χ2v) is 4.24. The van der Waals surface area contributed by atoms with Crippen molar-refractivity contribution < 1.29 is 5.11 Å². The quantitative estimate of drug-likeness (QED) is 0.772. The molecule has 1 aromatic carbocycles. The molecule has 0 aliphatic heterocycles. The monoisotopic (exact) mass is 196 g/mol. The van der Waals surface area contributed by atoms with Crippen molar-refractivity contribution >= 4 is 11.6 Å². The van der Waals surface area contributed by atoms with Gasteiger partial charge in [0.25, 0.3) is 0 Å². The van der Waals surface area contributed by atoms with Gasteiger partial charge in [0.15, 0.2) is 0 Å². The predicted molar refractivity (Wildman–Crippen MR) is 54.0 cm³/mol. The Kier molecular flexibility index (Phi) is 2.31. The molecule has 1 aromatic rings. The minimum absolute atomic E-state index is 0.191. The molecule has 0 aromatic heterocycles. The second-order valence-electron chi connectivity index (χ2n) is 3.80. The molecule has 2 heteroatoms. The third kappa shape index (κ3) is 1.87. The zero-order valence-corrected chi connectivity index (χ0v) is 8.33. The molecule has 0 unspecified atom stereocenters. The lowest BCUT2D eigenvalue weighted by Crippen LogP contribution is -2.03. The fourth-order valence-corrected chi connectivity index (χ4v) is 2.07. The molecule has 1 aliphatic rings. The van der Waals surface area contributed by atoms with Crippen LogP contribution >= 0.6 is 11.6 Å². The van der Waals surface area contributed by atoms with E-state index in [2.05, 4.69) is 6.07 Å². The lowest BCUT2D eigenvalue weighted by atomic mass is 10.1. The van der Waals surface area contributed by atoms with Crippen molar-refractivity contribution in [1.29, 1.82) is 0 Å². The molecule has 1 nitrogen and oxygen atoms in total. The summed E-state index contributed by atoms with van der Waals surface area (Å²) >= 11 is 5.88. The molecule has 13 heavy (non-hydrogen) atoms. The van der Waals surface area contributed by atoms with Crippen LogP contribution in [-0.4, -0.2) is 11.2 Å². The van der Waals surface area contributed by atoms with E-state index < -0.39 is 0 Å². The summed E-state index contributed by atoms with van der Waals surface area (Å²) in [5.41, 5.74) is 1.26. The summed E-state index contributed by atoms with van der Waals surface area (Å²) in [4.78, 5) is 0. The average Bonchev–Trinajstić information content (AvgIpc) is 2.82. The number of hydrogen-bond donors (Lipinski definition) is 1. The summed E-state index contributed by atoms with van der Waals surface area (Å²) in [6.07, 6.45) is 0.904. The van der Waals surface area contributed by atoms with Crippen LogP contribution in [0.3, 0.4) is 0 Å². The van der Waals surface area contributed by atoms with Crippen molar-refractivity contribution in [3.63, 3.8) is 0 Å². The molecule has 1 aliphatic carbocycles. The highest BCUT2D eigenvalue weighted by molar-refractivity contribution is 6.30. The SMILES string of the molecule is C[C@@H](O)[C@@H]1C[C@@H]1c1cccc(Cl)c1. The summed E-state index contributed by atoms with van der Waals surface area (Å²) in [5, 5.41) is 10.1. The first-order valence-corrected chi connectivity index (χ1v) is 5.00. The zero-order valence-electron chi connectivity index (χ0n) is 7.57. The lowest BCUT2D eigenvalue weighted by Gasteiger charge is -2.03. The van der Waals surface area contributed by atoms with E-state index in [4.69, 9.17) is 11.6 Å². The highest BCUT2D eigenvalue weighted by Crippen LogP contribution is 2.49. The van der Waals surface area contributed by atoms with Crippen LogP contribution in [0.25, 0.3) is 0 Å². The number of hydrogen-bond acceptors (Lipinski definition) is 1. The van der Waals surface area contributed by atoms with Gasteiger partial charge in [-0.15, -0.1) is 0 Å². The Morgan fingerprint density at radius 1 is 1.54 bits per heavy atom. The molecule has 0 bridgehead atoms. The highest BCUT2D eigenvalue weighted by Gasteiger charge is 2.41. The Hall–Kier alpha value is -0.530. The molecule has 1 saturated carbocycles. The van der Waals surface area contributed by atoms with E-state index in [1.807, 2.05) is 25.1 Å². The van der Waals surface area contributed by atoms with Gasteiger partial charge in [0.2, 0.25) is 0 Å². The lowest BCUT2D eigenvalue weighted by molar-refractivity contribution is 0.169. The van der Waals surface area contributed by atoms with Crippen LogP contribution < -0.4 is 0 Å². The molecule has 0 saturated heterocycles. The number of aliphatic hydroxyl groups is 1. The molecule has 70 valence electrons. The number of halogens is 1. The Bertz CT molecular complexity index is 309. The van der Waals surface area contributed by atoms with E-state index in [1.54, 1.807) is 0 Å². The first-order chi connectivity index (χ1) is 6.18. The maximum absolute atomic E-state index is 9.36. The molecule has 2 rings (SSSR count). The Labute approximate surface area is 83.3 Å². The fraction of sp³-hybridized carbons (Fsp3) is 0.455. The minimum Gasteiger partial charge on any atom is -0.393 e. The van der Waals surface area contributed by atoms with Gasteiger partial charge in [-0.3, -0.25) is 0 Å². The Morgan fingerprint density at radius 3 is 2.85 bits per heavy atom. The predicted octanol–water partition coefficient (Wildman–Crippen LogP) is 2.82. The van der Waals surface area contributed by atoms with Gasteiger partial charge in [0.05, 0.1) is 6.10 Å². The van der Waals surface area contributed by atoms with Crippen molar-refractivity contribution in [1.82, 2.24) is 0 Å². The zero-order chi connectivity index (χ0) is 9.42. The Morgan fingerprint density at radius 2 is 2.31 bits per heavy atom. The van der Waals surface area contributed by atoms with E-state index in [0.29, 0.717) is 11.8 Å². The molecule has 0 heterocycles. The third-order valence-corrected chi connectivity index (χ3v) is 2.97. The maximum Gasteiger partial charge on any atom is 0.0546 e. The number of benzene rings is 1. The summed E-state index contributed by atoms with van der Waals surface area (Å²) in [6.45, 7) is 1.86. The van der Waals surface area contributed by atoms with Crippen LogP contribution in [0, 0.1) is 5.92 Å². The number of rotatable bonds is 2. The van der Waals surface area contributed by atoms with Gasteiger partial charge in [-0.1, -0.05) is 23.7 Å². The van der Waals surface area contributed by atoms with Crippen LogP contribution in [0.4, 0.5) is 0 Å². The maximum atomic E-state index is 9.36. The molecule has 3 atom stereocenters. The van der Waals surface area contributed by atoms with Crippen LogP contribution in [0.1, 0.15) is 24.8 Å². The molecule has 0 spiro atoms. The van der Waals surface area contributed by atoms with Gasteiger partial charge in [0.1, 0.15) is 0 Å². The molecule has 0 amide bonds. The summed E-state index contributed by atoms with van der Waals surface area (Å²) in [5.74, 6) is 0.970. The number of aliphatic hydroxyl groups excluding tert-OH is 1. The molecule has 1 N–H and O–H groups in total. The fourth-order valence-electron chi connectivity index (χ4n) is 1.87. The molecular formula is C11H13ClO. The van der Waals surface area contributed by atoms with Crippen LogP contribution in [0.5, 0.6) is 0 Å². The molecule has 1 fully saturated rings. The average molecular weight is 197 g/mol. The first kappa shape index (κ1) is 9.04. The first-order valence-electron chi connectivity index (χ1n) is 4.62. The topological polar surface area (TPSA) is 20.2 Å². The summed E-state index contributed by atoms with van der Waals surface area (Å²) in [6, 6.07) is 7.92. The van der Waals surface area contributed by atoms with Crippen molar-refractivity contribution in [3.05, 3.63) is 34.9 Å². The van der Waals surface area contributed by atoms with Crippen LogP contribution in [-0.2, 0) is 0 Å². The second kappa shape index (κ2) is 3.32. The smallest absolute Gasteiger partial charge is 0.0546 e. The van der Waals surface area contributed by atoms with Crippen molar-refractivity contribution in [2.75, 3.05) is 0 Å². The summed E-state index contributed by atoms with van der Waals surface area (Å²) in [7, 11) is 0. The molecule has 0 radical (unpaired) electrons. The normalized spacial score (nSPS) is 28.5. The molecular weight excluding hydrogens is 184 g/mol. The van der Waals surface area contributed by atoms with E-state index in [9.17, 15) is 5.11 Å². The van der Waals surface area contributed by atoms with Gasteiger partial charge in [0, 0.05) is 5.02 Å². The Balaban J connectivity index is 2.12. The van der Waals surface area contributed by atoms with Gasteiger partial charge in [-0.25, -0.2) is 0 Å². The van der Waals surface area contributed by atoms with Crippen LogP contribution in [0.15, 0.2) is 24.3 Å². The van der Waals surface area contributed by atoms with Gasteiger partial charge in [-0.2, -0.15) is 0 Å². The van der Waals surface area contributed by atoms with E-state index >= 15 is 0 Å². The van der Waals surface area contributed by atoms with Gasteiger partial charge in [-0.05, 0) is 42.9 Å². The van der Waals surface area contributed by atoms with Crippen LogP contribution in [0.2, 0.25) is 5.02 Å². The van der Waals surface area contributed by atoms with Crippen molar-refractivity contribution in [2.45, 2.75) is 25.4 Å². The van der Waals surface area contributed by atoms with E-state index in [1.165, 1.54) is 5.56 Å². The standard InChI is InChI=1S/C11H13ClO/c1-7(13)10-6-11(10)8-3-2-4-9(12)5-8/h2-5,7,10-11,13H,6H2,1H3/t7-,10+,11-/m1/s1. The minimum atomic E-state index is -0.191. The van der Waals surface area contributed by atoms with E-state index in [0.717, 1.165) is 11.4 Å². The van der Waals surface area contributed by atoms with Gasteiger partial charge < -0.3 is 5.11 Å². The van der Waals surface area contributed by atoms with E-state index in [-0.39, 0.29) is 6.10 Å². The third-order valence-electron chi connectivity index (χ3n) is 2.74. The highest BCUT2D eigenvalue weighted by atomic mass is 35.5. The largest absolute Gasteiger partial charge is 0.393 e. The van der Waals surface area contributed by atoms with Gasteiger partial charge >= 0.3 is 0 Å². The van der Waals surface area contributed by atoms with Crippen molar-refractivity contribution in [3.8, 4) is 0 Å². The van der Waals surface area contributed by atoms with Crippen molar-refractivity contribution in [2.24, 2.45) is 5.92 Å².